The predicted molar refractivity (Wildman–Crippen MR) is 211 cm³/mol. The number of hydrogen-bond donors (Lipinski definition) is 1. The van der Waals surface area contributed by atoms with Crippen LogP contribution in [0, 0.1) is 0 Å². The van der Waals surface area contributed by atoms with Crippen LogP contribution in [-0.2, 0) is 11.3 Å². The molecule has 1 aromatic heterocycles. The van der Waals surface area contributed by atoms with Crippen LogP contribution in [0.2, 0.25) is 0 Å². The molecule has 6 aromatic rings. The van der Waals surface area contributed by atoms with Crippen molar-refractivity contribution in [1.29, 1.82) is 0 Å². The number of nitrogens with zero attached hydrogens (tertiary/aromatic N) is 2. The van der Waals surface area contributed by atoms with E-state index in [4.69, 9.17) is 0 Å². The lowest BCUT2D eigenvalue weighted by molar-refractivity contribution is -0.660. The van der Waals surface area contributed by atoms with E-state index in [9.17, 15) is 9.90 Å². The number of halogens is 1. The molecular formula is C45H40BrN2O2+. The van der Waals surface area contributed by atoms with Crippen molar-refractivity contribution in [2.45, 2.75) is 37.8 Å². The SMILES string of the molecule is CBr.O=C(O)C[n+]1ccc(/C=C/c2ccc3c(c2)C2CCCC2N3c2ccc(C=C(c3ccccc3)c3ccccc3)cc2)c2ccccc21. The van der Waals surface area contributed by atoms with E-state index >= 15 is 0 Å². The van der Waals surface area contributed by atoms with E-state index in [1.807, 2.05) is 36.3 Å². The molecule has 2 unspecified atom stereocenters. The van der Waals surface area contributed by atoms with Gasteiger partial charge in [0.2, 0.25) is 12.1 Å². The fourth-order valence-electron chi connectivity index (χ4n) is 7.70. The first-order chi connectivity index (χ1) is 24.6. The zero-order chi connectivity index (χ0) is 34.5. The topological polar surface area (TPSA) is 44.4 Å². The monoisotopic (exact) mass is 719 g/mol. The summed E-state index contributed by atoms with van der Waals surface area (Å²) in [5.74, 6) is 1.50. The zero-order valence-corrected chi connectivity index (χ0v) is 29.7. The number of carbonyl (C=O) groups is 1. The van der Waals surface area contributed by atoms with E-state index in [1.165, 1.54) is 64.0 Å². The van der Waals surface area contributed by atoms with Crippen molar-refractivity contribution >= 4 is 68.0 Å². The molecule has 1 fully saturated rings. The molecule has 248 valence electrons. The van der Waals surface area contributed by atoms with Crippen molar-refractivity contribution in [1.82, 2.24) is 0 Å². The highest BCUT2D eigenvalue weighted by Gasteiger charge is 2.42. The molecule has 0 bridgehead atoms. The van der Waals surface area contributed by atoms with E-state index in [-0.39, 0.29) is 6.54 Å². The Morgan fingerprint density at radius 2 is 1.44 bits per heavy atom. The summed E-state index contributed by atoms with van der Waals surface area (Å²) >= 11 is 2.94. The van der Waals surface area contributed by atoms with Crippen molar-refractivity contribution < 1.29 is 14.5 Å². The van der Waals surface area contributed by atoms with Gasteiger partial charge in [0, 0.05) is 35.5 Å². The maximum atomic E-state index is 11.4. The minimum Gasteiger partial charge on any atom is -0.477 e. The minimum atomic E-state index is -0.848. The summed E-state index contributed by atoms with van der Waals surface area (Å²) in [7, 11) is 0. The first-order valence-electron chi connectivity index (χ1n) is 17.2. The van der Waals surface area contributed by atoms with Crippen LogP contribution >= 0.6 is 15.9 Å². The number of hydrogen-bond acceptors (Lipinski definition) is 2. The second-order valence-corrected chi connectivity index (χ2v) is 12.8. The van der Waals surface area contributed by atoms with Gasteiger partial charge in [0.05, 0.1) is 5.39 Å². The molecule has 2 aliphatic rings. The molecular weight excluding hydrogens is 680 g/mol. The number of fused-ring (bicyclic) bond motifs is 4. The number of aliphatic carboxylic acids is 1. The van der Waals surface area contributed by atoms with Crippen LogP contribution < -0.4 is 9.47 Å². The standard InChI is InChI=1S/C44H36N2O2.CH3Br/c47-44(48)30-45-27-26-35(37-14-7-8-16-41(37)45)22-18-31-21-25-43-40(29-31)38-15-9-17-42(38)46(43)36-23-19-32(20-24-36)28-39(33-10-3-1-4-11-33)34-12-5-2-6-13-34;1-2/h1-8,10-14,16,18-29,38,42H,9,15,17,30H2;1H3/p+1. The average Bonchev–Trinajstić information content (AvgIpc) is 3.76. The lowest BCUT2D eigenvalue weighted by Gasteiger charge is -2.27. The van der Waals surface area contributed by atoms with Gasteiger partial charge in [0.15, 0.2) is 6.20 Å². The Morgan fingerprint density at radius 1 is 0.780 bits per heavy atom. The first-order valence-corrected chi connectivity index (χ1v) is 18.8. The molecule has 5 heteroatoms. The lowest BCUT2D eigenvalue weighted by Crippen LogP contribution is -2.38. The van der Waals surface area contributed by atoms with Gasteiger partial charge in [-0.3, -0.25) is 0 Å². The smallest absolute Gasteiger partial charge is 0.370 e. The Morgan fingerprint density at radius 3 is 2.14 bits per heavy atom. The third-order valence-electron chi connectivity index (χ3n) is 9.89. The molecule has 5 aromatic carbocycles. The minimum absolute atomic E-state index is 0.0593. The van der Waals surface area contributed by atoms with Gasteiger partial charge in [-0.2, -0.15) is 4.57 Å². The highest BCUT2D eigenvalue weighted by atomic mass is 79.9. The molecule has 0 saturated heterocycles. The lowest BCUT2D eigenvalue weighted by atomic mass is 9.95. The molecule has 1 saturated carbocycles. The van der Waals surface area contributed by atoms with Crippen molar-refractivity contribution in [2.24, 2.45) is 0 Å². The molecule has 50 heavy (non-hydrogen) atoms. The second-order valence-electron chi connectivity index (χ2n) is 12.8. The van der Waals surface area contributed by atoms with Crippen molar-refractivity contribution in [3.63, 3.8) is 0 Å². The number of alkyl halides is 1. The van der Waals surface area contributed by atoms with Crippen LogP contribution in [0.15, 0.2) is 140 Å². The van der Waals surface area contributed by atoms with E-state index in [0.717, 1.165) is 16.5 Å². The maximum Gasteiger partial charge on any atom is 0.370 e. The summed E-state index contributed by atoms with van der Waals surface area (Å²) in [5.41, 5.74) is 12.0. The summed E-state index contributed by atoms with van der Waals surface area (Å²) in [5, 5.41) is 10.4. The summed E-state index contributed by atoms with van der Waals surface area (Å²) in [4.78, 5) is 14.0. The van der Waals surface area contributed by atoms with Crippen LogP contribution in [0.3, 0.4) is 0 Å². The van der Waals surface area contributed by atoms with Crippen LogP contribution in [0.1, 0.15) is 58.6 Å². The fourth-order valence-corrected chi connectivity index (χ4v) is 7.70. The highest BCUT2D eigenvalue weighted by molar-refractivity contribution is 9.08. The largest absolute Gasteiger partial charge is 0.477 e. The Balaban J connectivity index is 0.00000193. The van der Waals surface area contributed by atoms with Gasteiger partial charge in [-0.25, -0.2) is 4.79 Å². The summed E-state index contributed by atoms with van der Waals surface area (Å²) < 4.78 is 1.79. The molecule has 0 spiro atoms. The average molecular weight is 721 g/mol. The maximum absolute atomic E-state index is 11.4. The summed E-state index contributed by atoms with van der Waals surface area (Å²) in [6, 6.07) is 47.7. The number of benzene rings is 5. The molecule has 2 heterocycles. The van der Waals surface area contributed by atoms with E-state index in [1.54, 1.807) is 4.57 Å². The van der Waals surface area contributed by atoms with E-state index in [2.05, 4.69) is 148 Å². The molecule has 2 atom stereocenters. The normalized spacial score (nSPS) is 16.1. The second kappa shape index (κ2) is 15.1. The Labute approximate surface area is 302 Å². The number of para-hydroxylation sites is 1. The summed E-state index contributed by atoms with van der Waals surface area (Å²) in [6.07, 6.45) is 12.2. The predicted octanol–water partition coefficient (Wildman–Crippen LogP) is 10.8. The van der Waals surface area contributed by atoms with Crippen molar-refractivity contribution in [2.75, 3.05) is 10.7 Å². The molecule has 0 amide bonds. The van der Waals surface area contributed by atoms with Crippen LogP contribution in [0.25, 0.3) is 34.7 Å². The third-order valence-corrected chi connectivity index (χ3v) is 9.89. The van der Waals surface area contributed by atoms with Gasteiger partial charge in [0.25, 0.3) is 0 Å². The van der Waals surface area contributed by atoms with Gasteiger partial charge < -0.3 is 10.0 Å². The van der Waals surface area contributed by atoms with Gasteiger partial charge in [-0.15, -0.1) is 0 Å². The number of aromatic nitrogens is 1. The van der Waals surface area contributed by atoms with Crippen LogP contribution in [0.4, 0.5) is 11.4 Å². The third kappa shape index (κ3) is 6.79. The molecule has 1 aliphatic heterocycles. The Hall–Kier alpha value is -5.26. The van der Waals surface area contributed by atoms with Gasteiger partial charge in [0.1, 0.15) is 0 Å². The van der Waals surface area contributed by atoms with Crippen LogP contribution in [0.5, 0.6) is 0 Å². The fraction of sp³-hybridized carbons (Fsp3) is 0.156. The quantitative estimate of drug-likeness (QED) is 0.0967. The molecule has 8 rings (SSSR count). The highest BCUT2D eigenvalue weighted by Crippen LogP contribution is 2.52. The van der Waals surface area contributed by atoms with Gasteiger partial charge >= 0.3 is 5.97 Å². The molecule has 4 nitrogen and oxygen atoms in total. The van der Waals surface area contributed by atoms with Crippen molar-refractivity contribution in [3.8, 4) is 0 Å². The first kappa shape index (κ1) is 33.2. The van der Waals surface area contributed by atoms with Gasteiger partial charge in [-0.1, -0.05) is 125 Å². The Bertz CT molecular complexity index is 2130. The van der Waals surface area contributed by atoms with Gasteiger partial charge in [-0.05, 0) is 94.0 Å². The number of carboxylic acids is 1. The molecule has 1 aliphatic carbocycles. The number of anilines is 2. The van der Waals surface area contributed by atoms with E-state index < -0.39 is 5.97 Å². The number of rotatable bonds is 8. The number of carboxylic acid groups (broad SMARTS) is 1. The number of pyridine rings is 1. The van der Waals surface area contributed by atoms with Crippen LogP contribution in [-0.4, -0.2) is 23.0 Å². The molecule has 0 radical (unpaired) electrons. The molecule has 1 N–H and O–H groups in total. The van der Waals surface area contributed by atoms with E-state index in [0.29, 0.717) is 12.0 Å². The summed E-state index contributed by atoms with van der Waals surface area (Å²) in [6.45, 7) is -0.0593. The van der Waals surface area contributed by atoms with Crippen molar-refractivity contribution in [3.05, 3.63) is 173 Å². The Kier molecular flexibility index (Phi) is 10.0. The zero-order valence-electron chi connectivity index (χ0n) is 28.1.